The minimum absolute atomic E-state index is 0.0609. The van der Waals surface area contributed by atoms with Crippen molar-refractivity contribution in [1.82, 2.24) is 4.98 Å². The van der Waals surface area contributed by atoms with Gasteiger partial charge in [0.05, 0.1) is 10.7 Å². The number of nitrogens with zero attached hydrogens (tertiary/aromatic N) is 2. The van der Waals surface area contributed by atoms with Crippen molar-refractivity contribution in [2.75, 3.05) is 11.5 Å². The van der Waals surface area contributed by atoms with E-state index in [-0.39, 0.29) is 26.5 Å². The zero-order chi connectivity index (χ0) is 14.9. The molecule has 106 valence electrons. The predicted octanol–water partition coefficient (Wildman–Crippen LogP) is 2.09. The van der Waals surface area contributed by atoms with Gasteiger partial charge >= 0.3 is 0 Å². The van der Waals surface area contributed by atoms with Gasteiger partial charge in [-0.2, -0.15) is 0 Å². The lowest BCUT2D eigenvalue weighted by molar-refractivity contribution is -0.384. The van der Waals surface area contributed by atoms with E-state index in [1.54, 1.807) is 0 Å². The minimum Gasteiger partial charge on any atom is -0.375 e. The molecule has 9 heteroatoms. The first-order chi connectivity index (χ1) is 9.35. The molecule has 0 saturated carbocycles. The Morgan fingerprint density at radius 1 is 1.35 bits per heavy atom. The highest BCUT2D eigenvalue weighted by Crippen LogP contribution is 2.34. The molecule has 0 unspecified atom stereocenters. The van der Waals surface area contributed by atoms with Crippen LogP contribution in [-0.2, 0) is 9.84 Å². The molecule has 2 rings (SSSR count). The van der Waals surface area contributed by atoms with Crippen LogP contribution in [0, 0.1) is 10.1 Å². The summed E-state index contributed by atoms with van der Waals surface area (Å²) in [7, 11) is -3.44. The van der Waals surface area contributed by atoms with Crippen molar-refractivity contribution in [1.29, 1.82) is 0 Å². The topological polar surface area (TPSA) is 116 Å². The molecule has 2 N–H and O–H groups in total. The molecule has 0 aliphatic heterocycles. The molecule has 0 aliphatic carbocycles. The van der Waals surface area contributed by atoms with Gasteiger partial charge in [0.25, 0.3) is 5.69 Å². The molecular formula is C11H11N3O4S2. The molecule has 20 heavy (non-hydrogen) atoms. The number of hydrogen-bond donors (Lipinski definition) is 1. The summed E-state index contributed by atoms with van der Waals surface area (Å²) in [5.41, 5.74) is 6.23. The molecule has 0 amide bonds. The van der Waals surface area contributed by atoms with E-state index in [1.165, 1.54) is 31.2 Å². The molecular weight excluding hydrogens is 302 g/mol. The van der Waals surface area contributed by atoms with Crippen molar-refractivity contribution in [2.24, 2.45) is 0 Å². The number of rotatable bonds is 4. The van der Waals surface area contributed by atoms with E-state index in [0.29, 0.717) is 5.56 Å². The van der Waals surface area contributed by atoms with Crippen LogP contribution < -0.4 is 5.73 Å². The predicted molar refractivity (Wildman–Crippen MR) is 76.3 cm³/mol. The van der Waals surface area contributed by atoms with Gasteiger partial charge in [-0.15, -0.1) is 0 Å². The lowest BCUT2D eigenvalue weighted by atomic mass is 10.1. The fraction of sp³-hybridized carbons (Fsp3) is 0.182. The maximum absolute atomic E-state index is 12.0. The summed E-state index contributed by atoms with van der Waals surface area (Å²) in [5.74, 6) is -0.0609. The number of thiazole rings is 1. The van der Waals surface area contributed by atoms with Gasteiger partial charge in [-0.25, -0.2) is 13.4 Å². The average Bonchev–Trinajstić information content (AvgIpc) is 2.82. The van der Waals surface area contributed by atoms with Gasteiger partial charge in [0, 0.05) is 17.7 Å². The van der Waals surface area contributed by atoms with Crippen molar-refractivity contribution >= 4 is 32.0 Å². The summed E-state index contributed by atoms with van der Waals surface area (Å²) >= 11 is 0.896. The van der Waals surface area contributed by atoms with E-state index in [2.05, 4.69) is 4.98 Å². The van der Waals surface area contributed by atoms with Gasteiger partial charge in [0.1, 0.15) is 9.90 Å². The molecule has 7 nitrogen and oxygen atoms in total. The highest BCUT2D eigenvalue weighted by molar-refractivity contribution is 7.93. The monoisotopic (exact) mass is 313 g/mol. The first-order valence-corrected chi connectivity index (χ1v) is 8.06. The molecule has 0 spiro atoms. The molecule has 0 aliphatic rings. The maximum atomic E-state index is 12.0. The largest absolute Gasteiger partial charge is 0.375 e. The Bertz CT molecular complexity index is 750. The van der Waals surface area contributed by atoms with E-state index in [1.807, 2.05) is 0 Å². The Labute approximate surface area is 119 Å². The van der Waals surface area contributed by atoms with Crippen molar-refractivity contribution in [3.05, 3.63) is 34.4 Å². The fourth-order valence-corrected chi connectivity index (χ4v) is 4.01. The van der Waals surface area contributed by atoms with Crippen molar-refractivity contribution in [3.8, 4) is 11.3 Å². The van der Waals surface area contributed by atoms with Gasteiger partial charge in [-0.3, -0.25) is 10.1 Å². The number of nitrogens with two attached hydrogens (primary N) is 1. The highest BCUT2D eigenvalue weighted by Gasteiger charge is 2.23. The van der Waals surface area contributed by atoms with E-state index < -0.39 is 14.8 Å². The number of non-ortho nitro benzene ring substituents is 1. The standard InChI is InChI=1S/C11H11N3O4S2/c1-2-20(17,18)10-9(13-11(12)19-10)7-3-5-8(6-4-7)14(15)16/h3-6H,2H2,1H3,(H2,12,13). The second-order valence-corrected chi connectivity index (χ2v) is 7.40. The SMILES string of the molecule is CCS(=O)(=O)c1sc(N)nc1-c1ccc([N+](=O)[O-])cc1. The Morgan fingerprint density at radius 3 is 2.45 bits per heavy atom. The Hall–Kier alpha value is -2.00. The van der Waals surface area contributed by atoms with Gasteiger partial charge in [-0.1, -0.05) is 18.3 Å². The number of nitro benzene ring substituents is 1. The van der Waals surface area contributed by atoms with Crippen molar-refractivity contribution < 1.29 is 13.3 Å². The number of hydrogen-bond acceptors (Lipinski definition) is 7. The van der Waals surface area contributed by atoms with Gasteiger partial charge < -0.3 is 5.73 Å². The Kier molecular flexibility index (Phi) is 3.73. The second-order valence-electron chi connectivity index (χ2n) is 3.90. The zero-order valence-electron chi connectivity index (χ0n) is 10.4. The molecule has 0 bridgehead atoms. The van der Waals surface area contributed by atoms with Crippen LogP contribution in [-0.4, -0.2) is 24.1 Å². The van der Waals surface area contributed by atoms with Crippen LogP contribution in [0.4, 0.5) is 10.8 Å². The van der Waals surface area contributed by atoms with Crippen LogP contribution in [0.3, 0.4) is 0 Å². The van der Waals surface area contributed by atoms with Gasteiger partial charge in [0.2, 0.25) is 0 Å². The second kappa shape index (κ2) is 5.17. The normalized spacial score (nSPS) is 11.4. The Balaban J connectivity index is 2.56. The summed E-state index contributed by atoms with van der Waals surface area (Å²) in [5, 5.41) is 10.7. The lowest BCUT2D eigenvalue weighted by Gasteiger charge is -2.02. The number of anilines is 1. The number of nitrogen functional groups attached to an aromatic ring is 1. The van der Waals surface area contributed by atoms with Gasteiger partial charge in [0.15, 0.2) is 15.0 Å². The molecule has 1 aromatic carbocycles. The van der Waals surface area contributed by atoms with Gasteiger partial charge in [-0.05, 0) is 12.1 Å². The van der Waals surface area contributed by atoms with E-state index >= 15 is 0 Å². The summed E-state index contributed by atoms with van der Waals surface area (Å²) < 4.78 is 24.1. The molecule has 2 aromatic rings. The molecule has 0 atom stereocenters. The number of aromatic nitrogens is 1. The van der Waals surface area contributed by atoms with Crippen molar-refractivity contribution in [2.45, 2.75) is 11.1 Å². The van der Waals surface area contributed by atoms with Crippen LogP contribution in [0.5, 0.6) is 0 Å². The van der Waals surface area contributed by atoms with E-state index in [4.69, 9.17) is 5.73 Å². The molecule has 0 fully saturated rings. The minimum atomic E-state index is -3.44. The highest BCUT2D eigenvalue weighted by atomic mass is 32.2. The number of nitro groups is 1. The molecule has 0 radical (unpaired) electrons. The molecule has 1 heterocycles. The quantitative estimate of drug-likeness (QED) is 0.682. The summed E-state index contributed by atoms with van der Waals surface area (Å²) in [6.07, 6.45) is 0. The van der Waals surface area contributed by atoms with Crippen LogP contribution in [0.2, 0.25) is 0 Å². The smallest absolute Gasteiger partial charge is 0.269 e. The summed E-state index contributed by atoms with van der Waals surface area (Å²) in [6, 6.07) is 5.52. The fourth-order valence-electron chi connectivity index (χ4n) is 1.59. The Morgan fingerprint density at radius 2 is 1.95 bits per heavy atom. The first kappa shape index (κ1) is 14.4. The van der Waals surface area contributed by atoms with E-state index in [0.717, 1.165) is 11.3 Å². The lowest BCUT2D eigenvalue weighted by Crippen LogP contribution is -2.03. The third-order valence-electron chi connectivity index (χ3n) is 2.63. The van der Waals surface area contributed by atoms with E-state index in [9.17, 15) is 18.5 Å². The maximum Gasteiger partial charge on any atom is 0.269 e. The van der Waals surface area contributed by atoms with Crippen LogP contribution in [0.1, 0.15) is 6.92 Å². The molecule has 1 aromatic heterocycles. The summed E-state index contributed by atoms with van der Waals surface area (Å²) in [6.45, 7) is 1.53. The third-order valence-corrected chi connectivity index (χ3v) is 5.84. The average molecular weight is 313 g/mol. The zero-order valence-corrected chi connectivity index (χ0v) is 12.1. The first-order valence-electron chi connectivity index (χ1n) is 5.59. The number of benzene rings is 1. The number of sulfone groups is 1. The third kappa shape index (κ3) is 2.63. The summed E-state index contributed by atoms with van der Waals surface area (Å²) in [4.78, 5) is 14.1. The van der Waals surface area contributed by atoms with Crippen LogP contribution >= 0.6 is 11.3 Å². The molecule has 0 saturated heterocycles. The van der Waals surface area contributed by atoms with Crippen molar-refractivity contribution in [3.63, 3.8) is 0 Å². The van der Waals surface area contributed by atoms with Crippen LogP contribution in [0.15, 0.2) is 28.5 Å². The van der Waals surface area contributed by atoms with Crippen LogP contribution in [0.25, 0.3) is 11.3 Å².